The van der Waals surface area contributed by atoms with Crippen LogP contribution in [0.3, 0.4) is 0 Å². The summed E-state index contributed by atoms with van der Waals surface area (Å²) in [5.74, 6) is 2.44. The van der Waals surface area contributed by atoms with Gasteiger partial charge in [-0.3, -0.25) is 4.79 Å². The molecule has 0 aromatic heterocycles. The van der Waals surface area contributed by atoms with Crippen LogP contribution in [-0.2, 0) is 0 Å². The van der Waals surface area contributed by atoms with Gasteiger partial charge in [0.2, 0.25) is 0 Å². The Morgan fingerprint density at radius 1 is 0.963 bits per heavy atom. The third-order valence-corrected chi connectivity index (χ3v) is 5.11. The first kappa shape index (κ1) is 19.1. The topological polar surface area (TPSA) is 48.0 Å². The van der Waals surface area contributed by atoms with E-state index in [2.05, 4.69) is 13.0 Å². The lowest BCUT2D eigenvalue weighted by molar-refractivity contribution is 0.0654. The molecule has 2 aromatic carbocycles. The molecule has 1 aliphatic rings. The molecule has 0 saturated carbocycles. The van der Waals surface area contributed by atoms with Gasteiger partial charge in [-0.2, -0.15) is 0 Å². The number of benzene rings is 2. The third kappa shape index (κ3) is 4.35. The van der Waals surface area contributed by atoms with Gasteiger partial charge >= 0.3 is 0 Å². The minimum Gasteiger partial charge on any atom is -0.496 e. The number of carbonyl (C=O) groups excluding carboxylic acids is 1. The molecule has 1 heterocycles. The Labute approximate surface area is 160 Å². The average molecular weight is 369 g/mol. The summed E-state index contributed by atoms with van der Waals surface area (Å²) in [5, 5.41) is 0. The van der Waals surface area contributed by atoms with Gasteiger partial charge in [-0.15, -0.1) is 0 Å². The van der Waals surface area contributed by atoms with E-state index < -0.39 is 0 Å². The van der Waals surface area contributed by atoms with Gasteiger partial charge in [0.25, 0.3) is 5.91 Å². The lowest BCUT2D eigenvalue weighted by Gasteiger charge is -2.32. The molecule has 0 bridgehead atoms. The average Bonchev–Trinajstić information content (AvgIpc) is 2.72. The van der Waals surface area contributed by atoms with Crippen LogP contribution in [0.5, 0.6) is 17.2 Å². The Morgan fingerprint density at radius 3 is 2.15 bits per heavy atom. The number of nitrogens with zero attached hydrogens (tertiary/aromatic N) is 1. The number of piperidine rings is 1. The van der Waals surface area contributed by atoms with Crippen molar-refractivity contribution >= 4 is 5.91 Å². The molecule has 0 unspecified atom stereocenters. The first-order chi connectivity index (χ1) is 13.1. The van der Waals surface area contributed by atoms with Crippen molar-refractivity contribution in [1.82, 2.24) is 4.90 Å². The molecule has 5 nitrogen and oxygen atoms in total. The molecule has 0 spiro atoms. The van der Waals surface area contributed by atoms with Crippen molar-refractivity contribution in [3.8, 4) is 17.2 Å². The van der Waals surface area contributed by atoms with E-state index in [-0.39, 0.29) is 5.91 Å². The number of hydrogen-bond donors (Lipinski definition) is 0. The van der Waals surface area contributed by atoms with Crippen molar-refractivity contribution in [2.45, 2.75) is 19.8 Å². The van der Waals surface area contributed by atoms with Gasteiger partial charge in [-0.1, -0.05) is 24.3 Å². The van der Waals surface area contributed by atoms with Gasteiger partial charge in [0.15, 0.2) is 0 Å². The Bertz CT molecular complexity index is 759. The van der Waals surface area contributed by atoms with Crippen LogP contribution in [0, 0.1) is 12.8 Å². The predicted octanol–water partition coefficient (Wildman–Crippen LogP) is 3.94. The summed E-state index contributed by atoms with van der Waals surface area (Å²) in [5.41, 5.74) is 1.64. The van der Waals surface area contributed by atoms with Gasteiger partial charge in [0.1, 0.15) is 22.8 Å². The van der Waals surface area contributed by atoms with Crippen molar-refractivity contribution in [2.75, 3.05) is 33.9 Å². The van der Waals surface area contributed by atoms with E-state index >= 15 is 0 Å². The van der Waals surface area contributed by atoms with Crippen LogP contribution < -0.4 is 14.2 Å². The molecule has 1 saturated heterocycles. The van der Waals surface area contributed by atoms with Crippen LogP contribution in [0.4, 0.5) is 0 Å². The van der Waals surface area contributed by atoms with E-state index in [4.69, 9.17) is 14.2 Å². The van der Waals surface area contributed by atoms with Gasteiger partial charge in [0.05, 0.1) is 20.8 Å². The molecule has 3 rings (SSSR count). The summed E-state index contributed by atoms with van der Waals surface area (Å²) in [6.45, 7) is 4.16. The van der Waals surface area contributed by atoms with Crippen LogP contribution in [0.15, 0.2) is 42.5 Å². The molecular weight excluding hydrogens is 342 g/mol. The van der Waals surface area contributed by atoms with Gasteiger partial charge in [-0.05, 0) is 49.4 Å². The van der Waals surface area contributed by atoms with Crippen LogP contribution >= 0.6 is 0 Å². The Kier molecular flexibility index (Phi) is 6.22. The number of amides is 1. The van der Waals surface area contributed by atoms with Crippen molar-refractivity contribution in [3.05, 3.63) is 53.6 Å². The second kappa shape index (κ2) is 8.80. The zero-order valence-corrected chi connectivity index (χ0v) is 16.2. The molecular formula is C22H27NO4. The van der Waals surface area contributed by atoms with E-state index in [0.29, 0.717) is 42.7 Å². The number of ether oxygens (including phenoxy) is 3. The number of aryl methyl sites for hydroxylation is 1. The van der Waals surface area contributed by atoms with Gasteiger partial charge < -0.3 is 19.1 Å². The number of methoxy groups -OCH3 is 2. The molecule has 27 heavy (non-hydrogen) atoms. The fraction of sp³-hybridized carbons (Fsp3) is 0.409. The normalized spacial score (nSPS) is 14.7. The number of hydrogen-bond acceptors (Lipinski definition) is 4. The second-order valence-corrected chi connectivity index (χ2v) is 6.85. The van der Waals surface area contributed by atoms with Crippen LogP contribution in [0.2, 0.25) is 0 Å². The maximum atomic E-state index is 13.0. The SMILES string of the molecule is COc1cccc(OC)c1C(=O)N1CCC(COc2ccccc2C)CC1. The molecule has 0 aliphatic carbocycles. The standard InChI is InChI=1S/C22H27NO4/c1-16-7-4-5-8-18(16)27-15-17-11-13-23(14-12-17)22(24)21-19(25-2)9-6-10-20(21)26-3/h4-10,17H,11-15H2,1-3H3. The van der Waals surface area contributed by atoms with Crippen molar-refractivity contribution in [2.24, 2.45) is 5.92 Å². The lowest BCUT2D eigenvalue weighted by atomic mass is 9.97. The minimum absolute atomic E-state index is 0.0393. The fourth-order valence-electron chi connectivity index (χ4n) is 3.45. The lowest BCUT2D eigenvalue weighted by Crippen LogP contribution is -2.40. The maximum absolute atomic E-state index is 13.0. The highest BCUT2D eigenvalue weighted by Crippen LogP contribution is 2.31. The Balaban J connectivity index is 1.59. The highest BCUT2D eigenvalue weighted by molar-refractivity contribution is 5.99. The molecule has 144 valence electrons. The smallest absolute Gasteiger partial charge is 0.261 e. The second-order valence-electron chi connectivity index (χ2n) is 6.85. The van der Waals surface area contributed by atoms with E-state index in [1.165, 1.54) is 0 Å². The number of carbonyl (C=O) groups is 1. The van der Waals surface area contributed by atoms with Crippen LogP contribution in [0.1, 0.15) is 28.8 Å². The molecule has 2 aromatic rings. The summed E-state index contributed by atoms with van der Waals surface area (Å²) in [6.07, 6.45) is 1.85. The highest BCUT2D eigenvalue weighted by atomic mass is 16.5. The summed E-state index contributed by atoms with van der Waals surface area (Å²) in [7, 11) is 3.14. The van der Waals surface area contributed by atoms with Gasteiger partial charge in [0, 0.05) is 13.1 Å². The third-order valence-electron chi connectivity index (χ3n) is 5.11. The Hall–Kier alpha value is -2.69. The summed E-state index contributed by atoms with van der Waals surface area (Å²) in [6, 6.07) is 13.5. The first-order valence-corrected chi connectivity index (χ1v) is 9.32. The minimum atomic E-state index is -0.0393. The zero-order valence-electron chi connectivity index (χ0n) is 16.2. The molecule has 1 fully saturated rings. The van der Waals surface area contributed by atoms with E-state index in [9.17, 15) is 4.79 Å². The fourth-order valence-corrected chi connectivity index (χ4v) is 3.45. The molecule has 0 atom stereocenters. The Morgan fingerprint density at radius 2 is 1.56 bits per heavy atom. The largest absolute Gasteiger partial charge is 0.496 e. The van der Waals surface area contributed by atoms with E-state index in [1.54, 1.807) is 26.4 Å². The molecule has 0 radical (unpaired) electrons. The van der Waals surface area contributed by atoms with Crippen LogP contribution in [0.25, 0.3) is 0 Å². The zero-order chi connectivity index (χ0) is 19.2. The molecule has 1 aliphatic heterocycles. The quantitative estimate of drug-likeness (QED) is 0.774. The van der Waals surface area contributed by atoms with Crippen molar-refractivity contribution in [3.63, 3.8) is 0 Å². The summed E-state index contributed by atoms with van der Waals surface area (Å²) in [4.78, 5) is 14.9. The highest BCUT2D eigenvalue weighted by Gasteiger charge is 2.28. The van der Waals surface area contributed by atoms with E-state index in [1.807, 2.05) is 29.2 Å². The first-order valence-electron chi connectivity index (χ1n) is 9.32. The summed E-state index contributed by atoms with van der Waals surface area (Å²) >= 11 is 0. The molecule has 5 heteroatoms. The molecule has 0 N–H and O–H groups in total. The van der Waals surface area contributed by atoms with Crippen LogP contribution in [-0.4, -0.2) is 44.7 Å². The summed E-state index contributed by atoms with van der Waals surface area (Å²) < 4.78 is 16.7. The van der Waals surface area contributed by atoms with Gasteiger partial charge in [-0.25, -0.2) is 0 Å². The molecule has 1 amide bonds. The number of para-hydroxylation sites is 1. The predicted molar refractivity (Wildman–Crippen MR) is 105 cm³/mol. The van der Waals surface area contributed by atoms with E-state index in [0.717, 1.165) is 24.2 Å². The monoisotopic (exact) mass is 369 g/mol. The van der Waals surface area contributed by atoms with Crippen molar-refractivity contribution in [1.29, 1.82) is 0 Å². The number of likely N-dealkylation sites (tertiary alicyclic amines) is 1. The maximum Gasteiger partial charge on any atom is 0.261 e. The number of rotatable bonds is 6. The van der Waals surface area contributed by atoms with Crippen molar-refractivity contribution < 1.29 is 19.0 Å².